The van der Waals surface area contributed by atoms with Gasteiger partial charge in [-0.15, -0.1) is 0 Å². The summed E-state index contributed by atoms with van der Waals surface area (Å²) in [7, 11) is 0. The van der Waals surface area contributed by atoms with Crippen molar-refractivity contribution < 1.29 is 4.79 Å². The number of aromatic nitrogens is 1. The highest BCUT2D eigenvalue weighted by Gasteiger charge is 2.26. The largest absolute Gasteiger partial charge is 0.322 e. The lowest BCUT2D eigenvalue weighted by Crippen LogP contribution is -2.32. The van der Waals surface area contributed by atoms with Gasteiger partial charge in [-0.3, -0.25) is 14.7 Å². The minimum absolute atomic E-state index is 0.0623. The van der Waals surface area contributed by atoms with Crippen molar-refractivity contribution in [1.82, 2.24) is 9.88 Å². The molecule has 1 aliphatic heterocycles. The van der Waals surface area contributed by atoms with Crippen LogP contribution >= 0.6 is 0 Å². The van der Waals surface area contributed by atoms with Crippen LogP contribution in [0.2, 0.25) is 0 Å². The van der Waals surface area contributed by atoms with E-state index >= 15 is 0 Å². The van der Waals surface area contributed by atoms with Crippen LogP contribution in [0.25, 0.3) is 10.9 Å². The molecule has 0 saturated heterocycles. The molecule has 5 rings (SSSR count). The number of rotatable bonds is 6. The summed E-state index contributed by atoms with van der Waals surface area (Å²) in [5, 5.41) is 4.08. The summed E-state index contributed by atoms with van der Waals surface area (Å²) in [6.45, 7) is 6.94. The van der Waals surface area contributed by atoms with Crippen LogP contribution in [0.4, 0.5) is 5.69 Å². The molecule has 0 radical (unpaired) electrons. The van der Waals surface area contributed by atoms with Gasteiger partial charge in [-0.05, 0) is 41.7 Å². The quantitative estimate of drug-likeness (QED) is 0.363. The fourth-order valence-electron chi connectivity index (χ4n) is 4.81. The van der Waals surface area contributed by atoms with E-state index in [1.54, 1.807) is 0 Å². The van der Waals surface area contributed by atoms with E-state index in [1.165, 1.54) is 11.1 Å². The molecular weight excluding hydrogens is 418 g/mol. The molecule has 0 spiro atoms. The van der Waals surface area contributed by atoms with Crippen LogP contribution in [0.5, 0.6) is 0 Å². The Hall–Kier alpha value is -3.50. The summed E-state index contributed by atoms with van der Waals surface area (Å²) < 4.78 is 0. The first-order valence-electron chi connectivity index (χ1n) is 12.2. The van der Waals surface area contributed by atoms with Crippen molar-refractivity contribution >= 4 is 22.5 Å². The summed E-state index contributed by atoms with van der Waals surface area (Å²) in [4.78, 5) is 21.0. The van der Waals surface area contributed by atoms with Crippen molar-refractivity contribution in [2.45, 2.75) is 45.7 Å². The Kier molecular flexibility index (Phi) is 6.41. The number of carbonyl (C=O) groups is 1. The third-order valence-corrected chi connectivity index (χ3v) is 6.95. The lowest BCUT2D eigenvalue weighted by atomic mass is 9.94. The Labute approximate surface area is 201 Å². The minimum Gasteiger partial charge on any atom is -0.322 e. The second-order valence-electron chi connectivity index (χ2n) is 9.26. The van der Waals surface area contributed by atoms with Crippen molar-refractivity contribution in [3.63, 3.8) is 0 Å². The van der Waals surface area contributed by atoms with Crippen LogP contribution < -0.4 is 5.32 Å². The van der Waals surface area contributed by atoms with Gasteiger partial charge in [0, 0.05) is 48.4 Å². The SMILES string of the molecule is CC[C@@H](C)c1ccc(NC(=O)c2c3c(nc4ccccc24)CCN(Cc2ccccc2)C3)cc1. The monoisotopic (exact) mass is 449 g/mol. The molecule has 3 aromatic carbocycles. The molecule has 34 heavy (non-hydrogen) atoms. The number of nitrogens with one attached hydrogen (secondary N) is 1. The number of pyridine rings is 1. The summed E-state index contributed by atoms with van der Waals surface area (Å²) in [5.41, 5.74) is 7.13. The average Bonchev–Trinajstić information content (AvgIpc) is 2.88. The van der Waals surface area contributed by atoms with E-state index in [9.17, 15) is 4.79 Å². The molecular formula is C30H31N3O. The Morgan fingerprint density at radius 2 is 1.74 bits per heavy atom. The van der Waals surface area contributed by atoms with Gasteiger partial charge >= 0.3 is 0 Å². The maximum absolute atomic E-state index is 13.7. The lowest BCUT2D eigenvalue weighted by Gasteiger charge is -2.30. The van der Waals surface area contributed by atoms with E-state index in [4.69, 9.17) is 4.98 Å². The standard InChI is InChI=1S/C30H31N3O/c1-3-21(2)23-13-15-24(16-14-23)31-30(34)29-25-11-7-8-12-27(25)32-28-17-18-33(20-26(28)29)19-22-9-5-4-6-10-22/h4-16,21H,3,17-20H2,1-2H3,(H,31,34)/t21-/m1/s1. The van der Waals surface area contributed by atoms with E-state index < -0.39 is 0 Å². The van der Waals surface area contributed by atoms with Gasteiger partial charge in [-0.25, -0.2) is 0 Å². The Morgan fingerprint density at radius 1 is 1.00 bits per heavy atom. The highest BCUT2D eigenvalue weighted by molar-refractivity contribution is 6.13. The Morgan fingerprint density at radius 3 is 2.50 bits per heavy atom. The number of para-hydroxylation sites is 1. The van der Waals surface area contributed by atoms with Crippen molar-refractivity contribution in [3.05, 3.63) is 107 Å². The third kappa shape index (κ3) is 4.59. The van der Waals surface area contributed by atoms with E-state index in [1.807, 2.05) is 42.5 Å². The molecule has 4 aromatic rings. The number of anilines is 1. The highest BCUT2D eigenvalue weighted by Crippen LogP contribution is 2.30. The molecule has 4 heteroatoms. The predicted octanol–water partition coefficient (Wildman–Crippen LogP) is 6.56. The van der Waals surface area contributed by atoms with Gasteiger partial charge in [-0.1, -0.05) is 74.5 Å². The van der Waals surface area contributed by atoms with E-state index in [0.29, 0.717) is 5.92 Å². The zero-order valence-electron chi connectivity index (χ0n) is 19.9. The Bertz CT molecular complexity index is 1300. The molecule has 0 fully saturated rings. The molecule has 1 atom stereocenters. The fraction of sp³-hybridized carbons (Fsp3) is 0.267. The first-order valence-corrected chi connectivity index (χ1v) is 12.2. The normalized spacial score (nSPS) is 14.5. The van der Waals surface area contributed by atoms with Crippen LogP contribution in [0.1, 0.15) is 58.9 Å². The molecule has 1 aliphatic rings. The van der Waals surface area contributed by atoms with Crippen LogP contribution in [0.3, 0.4) is 0 Å². The van der Waals surface area contributed by atoms with Gasteiger partial charge in [0.1, 0.15) is 0 Å². The van der Waals surface area contributed by atoms with E-state index in [0.717, 1.165) is 65.9 Å². The van der Waals surface area contributed by atoms with Gasteiger partial charge in [0.15, 0.2) is 0 Å². The van der Waals surface area contributed by atoms with Crippen LogP contribution in [0.15, 0.2) is 78.9 Å². The average molecular weight is 450 g/mol. The van der Waals surface area contributed by atoms with Crippen molar-refractivity contribution in [3.8, 4) is 0 Å². The Balaban J connectivity index is 1.47. The molecule has 1 aromatic heterocycles. The van der Waals surface area contributed by atoms with Gasteiger partial charge in [0.2, 0.25) is 0 Å². The van der Waals surface area contributed by atoms with Crippen molar-refractivity contribution in [2.24, 2.45) is 0 Å². The number of carbonyl (C=O) groups excluding carboxylic acids is 1. The third-order valence-electron chi connectivity index (χ3n) is 6.95. The molecule has 0 saturated carbocycles. The molecule has 2 heterocycles. The van der Waals surface area contributed by atoms with Crippen molar-refractivity contribution in [2.75, 3.05) is 11.9 Å². The van der Waals surface area contributed by atoms with Crippen LogP contribution in [-0.4, -0.2) is 22.3 Å². The zero-order chi connectivity index (χ0) is 23.5. The van der Waals surface area contributed by atoms with Crippen molar-refractivity contribution in [1.29, 1.82) is 0 Å². The lowest BCUT2D eigenvalue weighted by molar-refractivity contribution is 0.102. The number of benzene rings is 3. The number of nitrogens with zero attached hydrogens (tertiary/aromatic N) is 2. The topological polar surface area (TPSA) is 45.2 Å². The molecule has 0 unspecified atom stereocenters. The highest BCUT2D eigenvalue weighted by atomic mass is 16.1. The summed E-state index contributed by atoms with van der Waals surface area (Å²) in [6, 6.07) is 26.8. The smallest absolute Gasteiger partial charge is 0.256 e. The second-order valence-corrected chi connectivity index (χ2v) is 9.26. The minimum atomic E-state index is -0.0623. The van der Waals surface area contributed by atoms with Gasteiger partial charge in [0.05, 0.1) is 11.1 Å². The predicted molar refractivity (Wildman–Crippen MR) is 139 cm³/mol. The summed E-state index contributed by atoms with van der Waals surface area (Å²) >= 11 is 0. The second kappa shape index (κ2) is 9.78. The van der Waals surface area contributed by atoms with E-state index in [2.05, 4.69) is 60.5 Å². The number of hydrogen-bond donors (Lipinski definition) is 1. The first kappa shape index (κ1) is 22.3. The van der Waals surface area contributed by atoms with Crippen LogP contribution in [0, 0.1) is 0 Å². The van der Waals surface area contributed by atoms with Crippen LogP contribution in [-0.2, 0) is 19.5 Å². The maximum Gasteiger partial charge on any atom is 0.256 e. The van der Waals surface area contributed by atoms with E-state index in [-0.39, 0.29) is 5.91 Å². The molecule has 1 N–H and O–H groups in total. The maximum atomic E-state index is 13.7. The summed E-state index contributed by atoms with van der Waals surface area (Å²) in [5.74, 6) is 0.448. The van der Waals surface area contributed by atoms with Gasteiger partial charge < -0.3 is 5.32 Å². The first-order chi connectivity index (χ1) is 16.6. The van der Waals surface area contributed by atoms with Gasteiger partial charge in [-0.2, -0.15) is 0 Å². The van der Waals surface area contributed by atoms with Gasteiger partial charge in [0.25, 0.3) is 5.91 Å². The summed E-state index contributed by atoms with van der Waals surface area (Å²) in [6.07, 6.45) is 1.94. The molecule has 172 valence electrons. The molecule has 4 nitrogen and oxygen atoms in total. The number of hydrogen-bond acceptors (Lipinski definition) is 3. The molecule has 0 bridgehead atoms. The molecule has 1 amide bonds. The molecule has 0 aliphatic carbocycles. The number of fused-ring (bicyclic) bond motifs is 2. The zero-order valence-corrected chi connectivity index (χ0v) is 19.9. The number of amides is 1. The fourth-order valence-corrected chi connectivity index (χ4v) is 4.81.